The second kappa shape index (κ2) is 8.69. The van der Waals surface area contributed by atoms with Crippen LogP contribution in [0.15, 0.2) is 30.3 Å². The number of carboxylic acid groups (broad SMARTS) is 1. The molecule has 5 rings (SSSR count). The van der Waals surface area contributed by atoms with Gasteiger partial charge in [0.05, 0.1) is 0 Å². The van der Waals surface area contributed by atoms with Gasteiger partial charge in [0.1, 0.15) is 0 Å². The summed E-state index contributed by atoms with van der Waals surface area (Å²) >= 11 is 0. The van der Waals surface area contributed by atoms with Gasteiger partial charge in [0.15, 0.2) is 5.78 Å². The minimum absolute atomic E-state index is 0.188. The molecule has 1 N–H and O–H groups in total. The average Bonchev–Trinajstić information content (AvgIpc) is 3.15. The third-order valence-corrected chi connectivity index (χ3v) is 7.60. The van der Waals surface area contributed by atoms with Crippen molar-refractivity contribution in [2.24, 2.45) is 7.05 Å². The molecule has 0 radical (unpaired) electrons. The van der Waals surface area contributed by atoms with Crippen molar-refractivity contribution in [3.63, 3.8) is 0 Å². The molecule has 2 aromatic carbocycles. The zero-order valence-corrected chi connectivity index (χ0v) is 20.5. The molecule has 174 valence electrons. The van der Waals surface area contributed by atoms with Crippen molar-refractivity contribution in [1.29, 1.82) is 0 Å². The van der Waals surface area contributed by atoms with E-state index in [0.717, 1.165) is 29.7 Å². The summed E-state index contributed by atoms with van der Waals surface area (Å²) in [5.41, 5.74) is 9.48. The van der Waals surface area contributed by atoms with E-state index in [1.807, 2.05) is 14.0 Å². The van der Waals surface area contributed by atoms with E-state index in [1.54, 1.807) is 0 Å². The van der Waals surface area contributed by atoms with E-state index in [4.69, 9.17) is 5.11 Å². The van der Waals surface area contributed by atoms with Crippen LogP contribution in [-0.2, 0) is 18.3 Å². The topological polar surface area (TPSA) is 62.5 Å². The van der Waals surface area contributed by atoms with Crippen LogP contribution in [0.1, 0.15) is 70.4 Å². The predicted molar refractivity (Wildman–Crippen MR) is 134 cm³/mol. The Morgan fingerprint density at radius 2 is 1.82 bits per heavy atom. The van der Waals surface area contributed by atoms with Gasteiger partial charge in [-0.1, -0.05) is 11.6 Å². The summed E-state index contributed by atoms with van der Waals surface area (Å²) < 4.78 is 2.13. The number of rotatable bonds is 3. The molecule has 0 spiro atoms. The lowest BCUT2D eigenvalue weighted by atomic mass is 9.80. The zero-order chi connectivity index (χ0) is 24.0. The Morgan fingerprint density at radius 1 is 1.09 bits per heavy atom. The van der Waals surface area contributed by atoms with Gasteiger partial charge in [-0.05, 0) is 81.5 Å². The van der Waals surface area contributed by atoms with Crippen molar-refractivity contribution in [1.82, 2.24) is 4.57 Å². The van der Waals surface area contributed by atoms with Crippen LogP contribution in [0.2, 0.25) is 0 Å². The third-order valence-electron chi connectivity index (χ3n) is 7.60. The van der Waals surface area contributed by atoms with Crippen molar-refractivity contribution in [3.8, 4) is 0 Å². The first-order chi connectivity index (χ1) is 15.6. The number of carboxylic acids is 1. The number of carbonyl (C=O) groups is 2. The van der Waals surface area contributed by atoms with Crippen LogP contribution in [0.3, 0.4) is 0 Å². The summed E-state index contributed by atoms with van der Waals surface area (Å²) in [5, 5.41) is 9.98. The van der Waals surface area contributed by atoms with E-state index in [-0.39, 0.29) is 6.42 Å². The number of Topliss-reactive ketones (excluding diaryl/α,β-unsaturated/α-hetero) is 1. The number of aryl methyl sites for hydroxylation is 4. The third kappa shape index (κ3) is 4.05. The lowest BCUT2D eigenvalue weighted by Crippen LogP contribution is -2.28. The molecule has 0 amide bonds. The number of hydrogen-bond donors (Lipinski definition) is 1. The number of aliphatic carboxylic acids is 1. The molecule has 2 unspecified atom stereocenters. The number of likely N-dealkylation sites (N-methyl/N-ethyl adjacent to an activating group) is 1. The number of hydrogen-bond acceptors (Lipinski definition) is 3. The van der Waals surface area contributed by atoms with Crippen molar-refractivity contribution in [3.05, 3.63) is 63.8 Å². The number of carbonyl (C=O) groups excluding carboxylic acids is 1. The standard InChI is InChI=1S/C14H17NO2.C14H17NO/c1-9-4-6-13-12(8-9)11(5-7-14(16)17)10(2)15(13)3;1-8-6-11-13(16)5-4-10-9(2)15(3)12(7-8)14(10)11/h4,6,8H,5,7H2,1-3H3,(H,16,17);6-7,9-10H,4-5H2,1-3H3. The quantitative estimate of drug-likeness (QED) is 0.560. The maximum atomic E-state index is 12.0. The monoisotopic (exact) mass is 446 g/mol. The Labute approximate surface area is 196 Å². The molecular weight excluding hydrogens is 412 g/mol. The van der Waals surface area contributed by atoms with Crippen LogP contribution in [0.5, 0.6) is 0 Å². The highest BCUT2D eigenvalue weighted by Crippen LogP contribution is 2.47. The lowest BCUT2D eigenvalue weighted by molar-refractivity contribution is -0.136. The Balaban J connectivity index is 0.000000157. The number of aromatic nitrogens is 1. The zero-order valence-electron chi connectivity index (χ0n) is 20.5. The first kappa shape index (κ1) is 23.1. The van der Waals surface area contributed by atoms with Gasteiger partial charge < -0.3 is 14.6 Å². The molecule has 2 aliphatic rings. The summed E-state index contributed by atoms with van der Waals surface area (Å²) in [6, 6.07) is 11.1. The average molecular weight is 447 g/mol. The molecule has 0 saturated carbocycles. The highest BCUT2D eigenvalue weighted by Gasteiger charge is 2.39. The van der Waals surface area contributed by atoms with E-state index in [9.17, 15) is 9.59 Å². The summed E-state index contributed by atoms with van der Waals surface area (Å²) in [5.74, 6) is 0.154. The van der Waals surface area contributed by atoms with Crippen LogP contribution in [0, 0.1) is 20.8 Å². The minimum atomic E-state index is -0.742. The molecule has 3 aromatic rings. The summed E-state index contributed by atoms with van der Waals surface area (Å²) in [7, 11) is 4.17. The molecule has 1 aromatic heterocycles. The van der Waals surface area contributed by atoms with Gasteiger partial charge in [0.2, 0.25) is 0 Å². The first-order valence-corrected chi connectivity index (χ1v) is 11.8. The lowest BCUT2D eigenvalue weighted by Gasteiger charge is -2.24. The van der Waals surface area contributed by atoms with Crippen LogP contribution < -0.4 is 4.90 Å². The van der Waals surface area contributed by atoms with Crippen LogP contribution in [-0.4, -0.2) is 34.5 Å². The van der Waals surface area contributed by atoms with Gasteiger partial charge in [-0.3, -0.25) is 9.59 Å². The van der Waals surface area contributed by atoms with Crippen molar-refractivity contribution >= 4 is 28.3 Å². The van der Waals surface area contributed by atoms with E-state index < -0.39 is 5.97 Å². The molecule has 5 nitrogen and oxygen atoms in total. The first-order valence-electron chi connectivity index (χ1n) is 11.8. The van der Waals surface area contributed by atoms with Gasteiger partial charge in [0.25, 0.3) is 0 Å². The van der Waals surface area contributed by atoms with E-state index >= 15 is 0 Å². The number of nitrogens with zero attached hydrogens (tertiary/aromatic N) is 2. The van der Waals surface area contributed by atoms with Gasteiger partial charge in [-0.25, -0.2) is 0 Å². The van der Waals surface area contributed by atoms with Crippen molar-refractivity contribution in [2.45, 2.75) is 65.3 Å². The summed E-state index contributed by atoms with van der Waals surface area (Å²) in [4.78, 5) is 25.0. The number of benzene rings is 2. The molecule has 0 bridgehead atoms. The highest BCUT2D eigenvalue weighted by molar-refractivity contribution is 6.01. The summed E-state index contributed by atoms with van der Waals surface area (Å²) in [6.45, 7) is 8.44. The number of anilines is 1. The smallest absolute Gasteiger partial charge is 0.303 e. The maximum Gasteiger partial charge on any atom is 0.303 e. The number of fused-ring (bicyclic) bond motifs is 1. The fourth-order valence-electron chi connectivity index (χ4n) is 5.54. The van der Waals surface area contributed by atoms with Crippen LogP contribution in [0.25, 0.3) is 10.9 Å². The van der Waals surface area contributed by atoms with Crippen molar-refractivity contribution < 1.29 is 14.7 Å². The second-order valence-electron chi connectivity index (χ2n) is 9.70. The van der Waals surface area contributed by atoms with Gasteiger partial charge >= 0.3 is 5.97 Å². The Kier molecular flexibility index (Phi) is 6.08. The molecule has 5 heteroatoms. The normalized spacial score (nSPS) is 18.8. The van der Waals surface area contributed by atoms with Crippen LogP contribution in [0.4, 0.5) is 5.69 Å². The fraction of sp³-hybridized carbons (Fsp3) is 0.429. The maximum absolute atomic E-state index is 12.0. The van der Waals surface area contributed by atoms with E-state index in [1.165, 1.54) is 33.3 Å². The fourth-order valence-corrected chi connectivity index (χ4v) is 5.54. The highest BCUT2D eigenvalue weighted by atomic mass is 16.4. The molecule has 1 aliphatic carbocycles. The van der Waals surface area contributed by atoms with E-state index in [0.29, 0.717) is 24.2 Å². The van der Waals surface area contributed by atoms with Gasteiger partial charge in [-0.15, -0.1) is 0 Å². The van der Waals surface area contributed by atoms with Crippen molar-refractivity contribution in [2.75, 3.05) is 11.9 Å². The second-order valence-corrected chi connectivity index (χ2v) is 9.70. The molecule has 1 aliphatic heterocycles. The Hall–Kier alpha value is -3.08. The van der Waals surface area contributed by atoms with E-state index in [2.05, 4.69) is 67.6 Å². The Morgan fingerprint density at radius 3 is 2.52 bits per heavy atom. The molecule has 33 heavy (non-hydrogen) atoms. The van der Waals surface area contributed by atoms with Gasteiger partial charge in [0, 0.05) is 66.7 Å². The molecule has 0 fully saturated rings. The molecule has 2 atom stereocenters. The number of ketones is 1. The predicted octanol–water partition coefficient (Wildman–Crippen LogP) is 5.71. The summed E-state index contributed by atoms with van der Waals surface area (Å²) in [6.07, 6.45) is 2.53. The Bertz CT molecular complexity index is 1250. The molecule has 2 heterocycles. The minimum Gasteiger partial charge on any atom is -0.481 e. The molecular formula is C28H34N2O3. The van der Waals surface area contributed by atoms with Crippen LogP contribution >= 0.6 is 0 Å². The SMILES string of the molecule is Cc1cc2c3c(c1)N(C)C(C)C3CCC2=O.Cc1ccc2c(c1)c(CCC(=O)O)c(C)n2C. The largest absolute Gasteiger partial charge is 0.481 e. The molecule has 0 saturated heterocycles. The van der Waals surface area contributed by atoms with Gasteiger partial charge in [-0.2, -0.15) is 0 Å².